The number of benzene rings is 1. The van der Waals surface area contributed by atoms with Crippen LogP contribution in [0.1, 0.15) is 58.4 Å². The predicted molar refractivity (Wildman–Crippen MR) is 85.1 cm³/mol. The van der Waals surface area contributed by atoms with Gasteiger partial charge in [0, 0.05) is 25.7 Å². The fraction of sp³-hybridized carbons (Fsp3) is 0.579. The Morgan fingerprint density at radius 2 is 1.76 bits per heavy atom. The summed E-state index contributed by atoms with van der Waals surface area (Å²) < 4.78 is 0. The zero-order valence-corrected chi connectivity index (χ0v) is 13.4. The lowest BCUT2D eigenvalue weighted by molar-refractivity contribution is -0.130. The number of rotatable bonds is 5. The van der Waals surface area contributed by atoms with Gasteiger partial charge in [-0.15, -0.1) is 0 Å². The van der Waals surface area contributed by atoms with Crippen molar-refractivity contribution < 1.29 is 9.59 Å². The van der Waals surface area contributed by atoms with E-state index in [0.717, 1.165) is 12.8 Å². The number of hydrogen-bond acceptors (Lipinski definition) is 2. The number of aryl methyl sites for hydroxylation is 1. The molecule has 1 saturated carbocycles. The van der Waals surface area contributed by atoms with E-state index in [2.05, 4.69) is 32.9 Å². The molecule has 2 rings (SSSR count). The molecule has 0 bridgehead atoms. The standard InChI is InChI=1S/C19H26O2/c1-18(2)11-17(21)13-19(3,14-18)12-16(20)10-9-15-7-5-4-6-8-15/h4-8H,9-14H2,1-3H3. The van der Waals surface area contributed by atoms with Crippen molar-refractivity contribution in [2.24, 2.45) is 10.8 Å². The van der Waals surface area contributed by atoms with Crippen molar-refractivity contribution in [1.82, 2.24) is 0 Å². The van der Waals surface area contributed by atoms with Gasteiger partial charge in [-0.25, -0.2) is 0 Å². The third-order valence-corrected chi connectivity index (χ3v) is 4.36. The molecule has 2 heteroatoms. The van der Waals surface area contributed by atoms with E-state index in [9.17, 15) is 9.59 Å². The highest BCUT2D eigenvalue weighted by atomic mass is 16.1. The third kappa shape index (κ3) is 4.80. The molecule has 1 atom stereocenters. The molecule has 0 aromatic heterocycles. The van der Waals surface area contributed by atoms with Crippen LogP contribution in [-0.4, -0.2) is 11.6 Å². The number of ketones is 2. The monoisotopic (exact) mass is 286 g/mol. The number of Topliss-reactive ketones (excluding diaryl/α,β-unsaturated/α-hetero) is 2. The zero-order chi connectivity index (χ0) is 15.5. The van der Waals surface area contributed by atoms with E-state index in [-0.39, 0.29) is 16.6 Å². The summed E-state index contributed by atoms with van der Waals surface area (Å²) in [6.07, 6.45) is 4.09. The maximum atomic E-state index is 12.3. The van der Waals surface area contributed by atoms with Crippen molar-refractivity contribution in [3.63, 3.8) is 0 Å². The highest BCUT2D eigenvalue weighted by Gasteiger charge is 2.41. The first-order valence-corrected chi connectivity index (χ1v) is 7.85. The summed E-state index contributed by atoms with van der Waals surface area (Å²) >= 11 is 0. The molecule has 1 fully saturated rings. The Bertz CT molecular complexity index is 516. The minimum atomic E-state index is -0.146. The second kappa shape index (κ2) is 6.13. The molecule has 0 spiro atoms. The minimum Gasteiger partial charge on any atom is -0.300 e. The van der Waals surface area contributed by atoms with Crippen molar-refractivity contribution >= 4 is 11.6 Å². The van der Waals surface area contributed by atoms with Crippen LogP contribution in [0, 0.1) is 10.8 Å². The Kier molecular flexibility index (Phi) is 4.65. The van der Waals surface area contributed by atoms with E-state index in [4.69, 9.17) is 0 Å². The third-order valence-electron chi connectivity index (χ3n) is 4.36. The van der Waals surface area contributed by atoms with Gasteiger partial charge in [0.1, 0.15) is 11.6 Å². The molecule has 114 valence electrons. The normalized spacial score (nSPS) is 24.8. The summed E-state index contributed by atoms with van der Waals surface area (Å²) in [7, 11) is 0. The number of carbonyl (C=O) groups is 2. The smallest absolute Gasteiger partial charge is 0.134 e. The van der Waals surface area contributed by atoms with Crippen molar-refractivity contribution in [2.75, 3.05) is 0 Å². The predicted octanol–water partition coefficient (Wildman–Crippen LogP) is 4.36. The van der Waals surface area contributed by atoms with E-state index in [1.54, 1.807) is 0 Å². The Hall–Kier alpha value is -1.44. The molecule has 0 saturated heterocycles. The van der Waals surface area contributed by atoms with E-state index in [0.29, 0.717) is 31.5 Å². The van der Waals surface area contributed by atoms with Gasteiger partial charge in [-0.05, 0) is 29.2 Å². The van der Waals surface area contributed by atoms with Crippen molar-refractivity contribution in [1.29, 1.82) is 0 Å². The van der Waals surface area contributed by atoms with Crippen LogP contribution >= 0.6 is 0 Å². The highest BCUT2D eigenvalue weighted by molar-refractivity contribution is 5.84. The van der Waals surface area contributed by atoms with Gasteiger partial charge in [-0.2, -0.15) is 0 Å². The van der Waals surface area contributed by atoms with Gasteiger partial charge in [0.15, 0.2) is 0 Å². The van der Waals surface area contributed by atoms with Gasteiger partial charge >= 0.3 is 0 Å². The molecule has 0 heterocycles. The Morgan fingerprint density at radius 1 is 1.10 bits per heavy atom. The molecule has 0 amide bonds. The summed E-state index contributed by atoms with van der Waals surface area (Å²) in [5.41, 5.74) is 1.09. The van der Waals surface area contributed by atoms with E-state index in [1.165, 1.54) is 5.56 Å². The van der Waals surface area contributed by atoms with Crippen LogP contribution in [-0.2, 0) is 16.0 Å². The van der Waals surface area contributed by atoms with Crippen LogP contribution in [0.5, 0.6) is 0 Å². The molecule has 1 unspecified atom stereocenters. The molecule has 21 heavy (non-hydrogen) atoms. The molecule has 0 radical (unpaired) electrons. The fourth-order valence-electron chi connectivity index (χ4n) is 3.97. The first-order chi connectivity index (χ1) is 9.78. The van der Waals surface area contributed by atoms with Crippen molar-refractivity contribution in [2.45, 2.75) is 59.3 Å². The molecule has 1 aliphatic carbocycles. The summed E-state index contributed by atoms with van der Waals surface area (Å²) in [5.74, 6) is 0.594. The fourth-order valence-corrected chi connectivity index (χ4v) is 3.97. The van der Waals surface area contributed by atoms with Crippen LogP contribution in [0.4, 0.5) is 0 Å². The lowest BCUT2D eigenvalue weighted by Crippen LogP contribution is -2.37. The van der Waals surface area contributed by atoms with Gasteiger partial charge in [0.25, 0.3) is 0 Å². The van der Waals surface area contributed by atoms with Gasteiger partial charge < -0.3 is 0 Å². The zero-order valence-electron chi connectivity index (χ0n) is 13.4. The van der Waals surface area contributed by atoms with Crippen molar-refractivity contribution in [3.8, 4) is 0 Å². The van der Waals surface area contributed by atoms with Crippen LogP contribution in [0.25, 0.3) is 0 Å². The first kappa shape index (κ1) is 15.9. The quantitative estimate of drug-likeness (QED) is 0.805. The molecule has 1 aromatic carbocycles. The Balaban J connectivity index is 1.91. The summed E-state index contributed by atoms with van der Waals surface area (Å²) in [5, 5.41) is 0. The molecule has 2 nitrogen and oxygen atoms in total. The van der Waals surface area contributed by atoms with Gasteiger partial charge in [-0.3, -0.25) is 9.59 Å². The maximum absolute atomic E-state index is 12.3. The lowest BCUT2D eigenvalue weighted by atomic mass is 9.62. The van der Waals surface area contributed by atoms with Crippen LogP contribution in [0.15, 0.2) is 30.3 Å². The van der Waals surface area contributed by atoms with Crippen LogP contribution in [0.3, 0.4) is 0 Å². The van der Waals surface area contributed by atoms with Gasteiger partial charge in [0.05, 0.1) is 0 Å². The summed E-state index contributed by atoms with van der Waals surface area (Å²) in [6.45, 7) is 6.37. The van der Waals surface area contributed by atoms with E-state index in [1.807, 2.05) is 18.2 Å². The summed E-state index contributed by atoms with van der Waals surface area (Å²) in [4.78, 5) is 24.2. The van der Waals surface area contributed by atoms with Gasteiger partial charge in [0.2, 0.25) is 0 Å². The second-order valence-electron chi connectivity index (χ2n) is 7.74. The largest absolute Gasteiger partial charge is 0.300 e. The van der Waals surface area contributed by atoms with Gasteiger partial charge in [-0.1, -0.05) is 51.1 Å². The lowest BCUT2D eigenvalue weighted by Gasteiger charge is -2.41. The van der Waals surface area contributed by atoms with E-state index < -0.39 is 0 Å². The molecular formula is C19H26O2. The number of carbonyl (C=O) groups excluding carboxylic acids is 2. The molecule has 1 aromatic rings. The Morgan fingerprint density at radius 3 is 2.38 bits per heavy atom. The average molecular weight is 286 g/mol. The SMILES string of the molecule is CC1(C)CC(=O)CC(C)(CC(=O)CCc2ccccc2)C1. The van der Waals surface area contributed by atoms with Crippen molar-refractivity contribution in [3.05, 3.63) is 35.9 Å². The molecule has 0 aliphatic heterocycles. The Labute approximate surface area is 127 Å². The maximum Gasteiger partial charge on any atom is 0.134 e. The van der Waals surface area contributed by atoms with Crippen LogP contribution < -0.4 is 0 Å². The molecule has 0 N–H and O–H groups in total. The highest BCUT2D eigenvalue weighted by Crippen LogP contribution is 2.46. The van der Waals surface area contributed by atoms with E-state index >= 15 is 0 Å². The molecular weight excluding hydrogens is 260 g/mol. The topological polar surface area (TPSA) is 34.1 Å². The number of hydrogen-bond donors (Lipinski definition) is 0. The molecule has 1 aliphatic rings. The first-order valence-electron chi connectivity index (χ1n) is 7.85. The second-order valence-corrected chi connectivity index (χ2v) is 7.74. The van der Waals surface area contributed by atoms with Crippen LogP contribution in [0.2, 0.25) is 0 Å². The average Bonchev–Trinajstić information content (AvgIpc) is 2.34. The minimum absolute atomic E-state index is 0.0315. The summed E-state index contributed by atoms with van der Waals surface area (Å²) in [6, 6.07) is 10.1.